The van der Waals surface area contributed by atoms with Crippen molar-refractivity contribution < 1.29 is 0 Å². The van der Waals surface area contributed by atoms with Crippen LogP contribution in [0.1, 0.15) is 22.3 Å². The summed E-state index contributed by atoms with van der Waals surface area (Å²) in [6.07, 6.45) is 4.71. The third kappa shape index (κ3) is 2.94. The van der Waals surface area contributed by atoms with Gasteiger partial charge >= 0.3 is 0 Å². The minimum absolute atomic E-state index is 0.948. The predicted molar refractivity (Wildman–Crippen MR) is 75.9 cm³/mol. The zero-order valence-electron chi connectivity index (χ0n) is 9.89. The van der Waals surface area contributed by atoms with E-state index >= 15 is 0 Å². The lowest BCUT2D eigenvalue weighted by atomic mass is 10.0. The van der Waals surface area contributed by atoms with Crippen molar-refractivity contribution in [2.75, 3.05) is 0 Å². The first-order valence-electron chi connectivity index (χ1n) is 5.74. The Hall–Kier alpha value is -2.08. The molecule has 0 spiro atoms. The van der Waals surface area contributed by atoms with E-state index in [4.69, 9.17) is 0 Å². The van der Waals surface area contributed by atoms with E-state index < -0.39 is 0 Å². The highest BCUT2D eigenvalue weighted by Crippen LogP contribution is 2.14. The normalized spacial score (nSPS) is 9.88. The summed E-state index contributed by atoms with van der Waals surface area (Å²) >= 11 is 0. The molecular formula is C17H16. The molecule has 2 aromatic carbocycles. The van der Waals surface area contributed by atoms with Crippen LogP contribution in [-0.2, 0) is 6.42 Å². The van der Waals surface area contributed by atoms with Crippen molar-refractivity contribution >= 4 is 12.2 Å². The maximum absolute atomic E-state index is 3.79. The Labute approximate surface area is 103 Å². The van der Waals surface area contributed by atoms with Crippen molar-refractivity contribution in [3.63, 3.8) is 0 Å². The van der Waals surface area contributed by atoms with Gasteiger partial charge in [0.2, 0.25) is 0 Å². The smallest absolute Gasteiger partial charge is 0.00253 e. The minimum atomic E-state index is 0.948. The molecule has 0 atom stereocenters. The monoisotopic (exact) mass is 220 g/mol. The summed E-state index contributed by atoms with van der Waals surface area (Å²) in [5.74, 6) is 0. The quantitative estimate of drug-likeness (QED) is 0.708. The van der Waals surface area contributed by atoms with Crippen molar-refractivity contribution in [2.24, 2.45) is 0 Å². The Morgan fingerprint density at radius 2 is 1.24 bits per heavy atom. The molecule has 17 heavy (non-hydrogen) atoms. The van der Waals surface area contributed by atoms with Gasteiger partial charge in [0.05, 0.1) is 0 Å². The number of hydrogen-bond donors (Lipinski definition) is 0. The molecule has 0 saturated carbocycles. The second kappa shape index (κ2) is 5.31. The van der Waals surface area contributed by atoms with E-state index in [1.165, 1.54) is 22.3 Å². The third-order valence-electron chi connectivity index (χ3n) is 2.78. The van der Waals surface area contributed by atoms with E-state index in [-0.39, 0.29) is 0 Å². The van der Waals surface area contributed by atoms with Crippen LogP contribution in [0.4, 0.5) is 0 Å². The highest BCUT2D eigenvalue weighted by atomic mass is 14.0. The van der Waals surface area contributed by atoms with E-state index in [2.05, 4.69) is 61.7 Å². The fourth-order valence-corrected chi connectivity index (χ4v) is 1.90. The van der Waals surface area contributed by atoms with Gasteiger partial charge in [-0.05, 0) is 28.7 Å². The average molecular weight is 220 g/mol. The van der Waals surface area contributed by atoms with E-state index in [1.54, 1.807) is 0 Å². The summed E-state index contributed by atoms with van der Waals surface area (Å²) in [6, 6.07) is 16.9. The topological polar surface area (TPSA) is 0 Å². The molecule has 0 aromatic heterocycles. The van der Waals surface area contributed by atoms with E-state index in [0.29, 0.717) is 0 Å². The van der Waals surface area contributed by atoms with Crippen LogP contribution in [0, 0.1) is 0 Å². The predicted octanol–water partition coefficient (Wildman–Crippen LogP) is 4.56. The summed E-state index contributed by atoms with van der Waals surface area (Å²) in [6.45, 7) is 7.59. The molecule has 0 fully saturated rings. The van der Waals surface area contributed by atoms with Gasteiger partial charge in [-0.25, -0.2) is 0 Å². The molecule has 0 aliphatic heterocycles. The molecule has 0 aliphatic carbocycles. The summed E-state index contributed by atoms with van der Waals surface area (Å²) in [7, 11) is 0. The van der Waals surface area contributed by atoms with Crippen molar-refractivity contribution in [2.45, 2.75) is 6.42 Å². The zero-order chi connectivity index (χ0) is 12.1. The van der Waals surface area contributed by atoms with Crippen LogP contribution in [-0.4, -0.2) is 0 Å². The first-order chi connectivity index (χ1) is 8.31. The molecule has 0 heterocycles. The van der Waals surface area contributed by atoms with Crippen LogP contribution < -0.4 is 0 Å². The van der Waals surface area contributed by atoms with E-state index in [9.17, 15) is 0 Å². The van der Waals surface area contributed by atoms with Crippen molar-refractivity contribution in [1.82, 2.24) is 0 Å². The fraction of sp³-hybridized carbons (Fsp3) is 0.0588. The molecule has 0 N–H and O–H groups in total. The number of rotatable bonds is 4. The SMILES string of the molecule is C=Cc1cccc(Cc2cccc(C=C)c2)c1. The van der Waals surface area contributed by atoms with Gasteiger partial charge in [0, 0.05) is 0 Å². The van der Waals surface area contributed by atoms with E-state index in [1.807, 2.05) is 12.2 Å². The van der Waals surface area contributed by atoms with Gasteiger partial charge in [-0.1, -0.05) is 73.8 Å². The van der Waals surface area contributed by atoms with Crippen LogP contribution in [0.25, 0.3) is 12.2 Å². The molecule has 0 unspecified atom stereocenters. The first-order valence-corrected chi connectivity index (χ1v) is 5.74. The van der Waals surface area contributed by atoms with Crippen molar-refractivity contribution in [3.8, 4) is 0 Å². The Bertz CT molecular complexity index is 486. The van der Waals surface area contributed by atoms with Gasteiger partial charge in [0.15, 0.2) is 0 Å². The Balaban J connectivity index is 2.24. The number of benzene rings is 2. The minimum Gasteiger partial charge on any atom is -0.0985 e. The molecule has 2 rings (SSSR count). The second-order valence-corrected chi connectivity index (χ2v) is 4.08. The molecule has 0 nitrogen and oxygen atoms in total. The molecule has 84 valence electrons. The molecule has 0 bridgehead atoms. The third-order valence-corrected chi connectivity index (χ3v) is 2.78. The van der Waals surface area contributed by atoms with Crippen molar-refractivity contribution in [3.05, 3.63) is 83.9 Å². The van der Waals surface area contributed by atoms with E-state index in [0.717, 1.165) is 6.42 Å². The van der Waals surface area contributed by atoms with Crippen LogP contribution in [0.5, 0.6) is 0 Å². The summed E-state index contributed by atoms with van der Waals surface area (Å²) in [5, 5.41) is 0. The molecule has 2 aromatic rings. The van der Waals surface area contributed by atoms with Gasteiger partial charge in [0.25, 0.3) is 0 Å². The highest BCUT2D eigenvalue weighted by Gasteiger charge is 1.97. The van der Waals surface area contributed by atoms with Gasteiger partial charge in [0.1, 0.15) is 0 Å². The molecule has 0 aliphatic rings. The van der Waals surface area contributed by atoms with Crippen LogP contribution >= 0.6 is 0 Å². The van der Waals surface area contributed by atoms with Gasteiger partial charge in [-0.2, -0.15) is 0 Å². The van der Waals surface area contributed by atoms with Crippen molar-refractivity contribution in [1.29, 1.82) is 0 Å². The Morgan fingerprint density at radius 1 is 0.765 bits per heavy atom. The molecular weight excluding hydrogens is 204 g/mol. The summed E-state index contributed by atoms with van der Waals surface area (Å²) < 4.78 is 0. The first kappa shape index (κ1) is 11.4. The Kier molecular flexibility index (Phi) is 3.56. The van der Waals surface area contributed by atoms with Gasteiger partial charge in [-0.3, -0.25) is 0 Å². The van der Waals surface area contributed by atoms with Gasteiger partial charge < -0.3 is 0 Å². The number of hydrogen-bond acceptors (Lipinski definition) is 0. The zero-order valence-corrected chi connectivity index (χ0v) is 9.89. The lowest BCUT2D eigenvalue weighted by molar-refractivity contribution is 1.19. The lowest BCUT2D eigenvalue weighted by Gasteiger charge is -2.04. The molecule has 0 amide bonds. The molecule has 0 radical (unpaired) electrons. The fourth-order valence-electron chi connectivity index (χ4n) is 1.90. The summed E-state index contributed by atoms with van der Waals surface area (Å²) in [5.41, 5.74) is 4.96. The average Bonchev–Trinajstić information content (AvgIpc) is 2.39. The molecule has 0 saturated heterocycles. The van der Waals surface area contributed by atoms with Crippen LogP contribution in [0.3, 0.4) is 0 Å². The standard InChI is InChI=1S/C17H16/c1-3-14-7-5-9-16(11-14)13-17-10-6-8-15(4-2)12-17/h3-12H,1-2,13H2. The maximum atomic E-state index is 3.79. The maximum Gasteiger partial charge on any atom is -0.00253 e. The molecule has 0 heteroatoms. The second-order valence-electron chi connectivity index (χ2n) is 4.08. The van der Waals surface area contributed by atoms with Crippen LogP contribution in [0.2, 0.25) is 0 Å². The highest BCUT2D eigenvalue weighted by molar-refractivity contribution is 5.50. The largest absolute Gasteiger partial charge is 0.0985 e. The summed E-state index contributed by atoms with van der Waals surface area (Å²) in [4.78, 5) is 0. The Morgan fingerprint density at radius 3 is 1.65 bits per heavy atom. The van der Waals surface area contributed by atoms with Gasteiger partial charge in [-0.15, -0.1) is 0 Å². The van der Waals surface area contributed by atoms with Crippen LogP contribution in [0.15, 0.2) is 61.7 Å². The lowest BCUT2D eigenvalue weighted by Crippen LogP contribution is -1.89.